The lowest BCUT2D eigenvalue weighted by atomic mass is 9.75. The molecule has 2 atom stereocenters. The number of nitrogens with one attached hydrogen (secondary N) is 1. The zero-order valence-electron chi connectivity index (χ0n) is 13.6. The predicted octanol–water partition coefficient (Wildman–Crippen LogP) is -0.195. The highest BCUT2D eigenvalue weighted by Crippen LogP contribution is 2.35. The molecule has 1 aliphatic carbocycles. The fourth-order valence-corrected chi connectivity index (χ4v) is 4.64. The summed E-state index contributed by atoms with van der Waals surface area (Å²) >= 11 is 0. The number of primary amides is 1. The molecule has 0 aromatic carbocycles. The van der Waals surface area contributed by atoms with Crippen LogP contribution in [-0.4, -0.2) is 49.4 Å². The highest BCUT2D eigenvalue weighted by Gasteiger charge is 2.34. The number of hydrogen-bond acceptors (Lipinski definition) is 2. The number of carbonyl (C=O) groups excluding carboxylic acids is 2. The van der Waals surface area contributed by atoms with Gasteiger partial charge in [-0.25, -0.2) is 0 Å². The lowest BCUT2D eigenvalue weighted by Gasteiger charge is -2.41. The number of piperidine rings is 2. The van der Waals surface area contributed by atoms with Crippen molar-refractivity contribution >= 4 is 11.8 Å². The van der Waals surface area contributed by atoms with Crippen LogP contribution in [0.3, 0.4) is 0 Å². The number of carbonyl (C=O) groups is 2. The van der Waals surface area contributed by atoms with Gasteiger partial charge in [0.2, 0.25) is 5.91 Å². The molecule has 2 aliphatic heterocycles. The monoisotopic (exact) mass is 308 g/mol. The molecule has 2 saturated heterocycles. The molecule has 3 N–H and O–H groups in total. The lowest BCUT2D eigenvalue weighted by molar-refractivity contribution is -0.898. The highest BCUT2D eigenvalue weighted by atomic mass is 16.2. The molecule has 0 aromatic rings. The van der Waals surface area contributed by atoms with Crippen LogP contribution in [0.4, 0.5) is 0 Å². The van der Waals surface area contributed by atoms with E-state index in [9.17, 15) is 9.59 Å². The van der Waals surface area contributed by atoms with E-state index in [1.165, 1.54) is 37.0 Å². The second kappa shape index (κ2) is 6.99. The Morgan fingerprint density at radius 3 is 2.36 bits per heavy atom. The number of quaternary nitrogens is 1. The van der Waals surface area contributed by atoms with Gasteiger partial charge >= 0.3 is 0 Å². The van der Waals surface area contributed by atoms with Crippen LogP contribution < -0.4 is 10.6 Å². The van der Waals surface area contributed by atoms with Gasteiger partial charge in [-0.1, -0.05) is 19.3 Å². The first-order valence-electron chi connectivity index (χ1n) is 9.04. The van der Waals surface area contributed by atoms with Gasteiger partial charge in [-0.15, -0.1) is 0 Å². The van der Waals surface area contributed by atoms with Crippen molar-refractivity contribution in [1.29, 1.82) is 0 Å². The summed E-state index contributed by atoms with van der Waals surface area (Å²) < 4.78 is 0. The van der Waals surface area contributed by atoms with Crippen LogP contribution in [-0.2, 0) is 9.59 Å². The van der Waals surface area contributed by atoms with Crippen LogP contribution in [0.1, 0.15) is 44.9 Å². The summed E-state index contributed by atoms with van der Waals surface area (Å²) in [4.78, 5) is 27.2. The van der Waals surface area contributed by atoms with Crippen molar-refractivity contribution in [3.63, 3.8) is 0 Å². The number of likely N-dealkylation sites (tertiary alicyclic amines) is 2. The molecule has 22 heavy (non-hydrogen) atoms. The van der Waals surface area contributed by atoms with Gasteiger partial charge < -0.3 is 15.5 Å². The van der Waals surface area contributed by atoms with Gasteiger partial charge in [-0.2, -0.15) is 0 Å². The third-order valence-corrected chi connectivity index (χ3v) is 6.14. The van der Waals surface area contributed by atoms with Crippen molar-refractivity contribution in [2.24, 2.45) is 23.5 Å². The minimum Gasteiger partial charge on any atom is -0.369 e. The minimum absolute atomic E-state index is 0.0248. The van der Waals surface area contributed by atoms with E-state index in [1.54, 1.807) is 0 Å². The largest absolute Gasteiger partial charge is 0.369 e. The summed E-state index contributed by atoms with van der Waals surface area (Å²) in [5, 5.41) is 0. The summed E-state index contributed by atoms with van der Waals surface area (Å²) in [5.41, 5.74) is 5.37. The normalized spacial score (nSPS) is 35.7. The Morgan fingerprint density at radius 1 is 1.00 bits per heavy atom. The molecule has 5 heteroatoms. The first-order valence-corrected chi connectivity index (χ1v) is 9.04. The summed E-state index contributed by atoms with van der Waals surface area (Å²) in [5.74, 6) is 1.79. The van der Waals surface area contributed by atoms with Crippen LogP contribution in [0.5, 0.6) is 0 Å². The van der Waals surface area contributed by atoms with E-state index >= 15 is 0 Å². The molecule has 3 aliphatic rings. The zero-order valence-corrected chi connectivity index (χ0v) is 13.6. The number of nitrogens with two attached hydrogens (primary N) is 1. The van der Waals surface area contributed by atoms with Crippen LogP contribution in [0.25, 0.3) is 0 Å². The molecule has 0 radical (unpaired) electrons. The molecule has 0 spiro atoms. The topological polar surface area (TPSA) is 67.8 Å². The molecular weight excluding hydrogens is 278 g/mol. The molecule has 2 amide bonds. The van der Waals surface area contributed by atoms with Gasteiger partial charge in [0.15, 0.2) is 6.54 Å². The van der Waals surface area contributed by atoms with Crippen LogP contribution in [0.15, 0.2) is 0 Å². The Balaban J connectivity index is 1.45. The minimum atomic E-state index is -0.176. The Kier molecular flexibility index (Phi) is 5.01. The van der Waals surface area contributed by atoms with E-state index in [0.29, 0.717) is 12.5 Å². The fourth-order valence-electron chi connectivity index (χ4n) is 4.64. The number of fused-ring (bicyclic) bond motifs is 1. The van der Waals surface area contributed by atoms with E-state index < -0.39 is 0 Å². The van der Waals surface area contributed by atoms with E-state index in [2.05, 4.69) is 4.90 Å². The van der Waals surface area contributed by atoms with Crippen LogP contribution >= 0.6 is 0 Å². The number of rotatable bonds is 3. The smallest absolute Gasteiger partial charge is 0.277 e. The first kappa shape index (κ1) is 15.8. The van der Waals surface area contributed by atoms with Crippen molar-refractivity contribution in [2.75, 3.05) is 32.7 Å². The summed E-state index contributed by atoms with van der Waals surface area (Å²) in [7, 11) is 0. The Bertz CT molecular complexity index is 418. The molecule has 3 fully saturated rings. The second-order valence-electron chi connectivity index (χ2n) is 7.54. The number of hydrogen-bond donors (Lipinski definition) is 2. The predicted molar refractivity (Wildman–Crippen MR) is 84.1 cm³/mol. The Morgan fingerprint density at radius 2 is 1.68 bits per heavy atom. The highest BCUT2D eigenvalue weighted by molar-refractivity contribution is 5.77. The molecule has 0 unspecified atom stereocenters. The first-order chi connectivity index (χ1) is 10.6. The molecular formula is C17H30N3O2+. The summed E-state index contributed by atoms with van der Waals surface area (Å²) in [6.07, 6.45) is 8.29. The van der Waals surface area contributed by atoms with Gasteiger partial charge in [0.1, 0.15) is 0 Å². The Labute approximate surface area is 133 Å². The average molecular weight is 308 g/mol. The maximum Gasteiger partial charge on any atom is 0.277 e. The lowest BCUT2D eigenvalue weighted by Crippen LogP contribution is -3.14. The molecule has 1 saturated carbocycles. The van der Waals surface area contributed by atoms with Crippen molar-refractivity contribution in [3.05, 3.63) is 0 Å². The fraction of sp³-hybridized carbons (Fsp3) is 0.882. The SMILES string of the molecule is NC(=O)C1CC[NH+](CC(=O)N2CC[C@H]3CCCC[C@H]3C2)CC1. The van der Waals surface area contributed by atoms with E-state index in [1.807, 2.05) is 0 Å². The van der Waals surface area contributed by atoms with Crippen molar-refractivity contribution < 1.29 is 14.5 Å². The summed E-state index contributed by atoms with van der Waals surface area (Å²) in [6.45, 7) is 4.35. The zero-order chi connectivity index (χ0) is 15.5. The van der Waals surface area contributed by atoms with E-state index in [-0.39, 0.29) is 11.8 Å². The van der Waals surface area contributed by atoms with Crippen molar-refractivity contribution in [3.8, 4) is 0 Å². The van der Waals surface area contributed by atoms with Gasteiger partial charge in [-0.05, 0) is 24.7 Å². The molecule has 124 valence electrons. The molecule has 0 aromatic heterocycles. The van der Waals surface area contributed by atoms with Crippen molar-refractivity contribution in [1.82, 2.24) is 4.90 Å². The standard InChI is InChI=1S/C17H29N3O2/c18-17(22)14-5-8-19(9-6-14)12-16(21)20-10-7-13-3-1-2-4-15(13)11-20/h13-15H,1-12H2,(H2,18,22)/p+1/t13-,15+/m1/s1. The van der Waals surface area contributed by atoms with Gasteiger partial charge in [0.25, 0.3) is 5.91 Å². The number of nitrogens with zero attached hydrogens (tertiary/aromatic N) is 1. The van der Waals surface area contributed by atoms with E-state index in [4.69, 9.17) is 5.73 Å². The number of amides is 2. The molecule has 2 heterocycles. The van der Waals surface area contributed by atoms with Crippen LogP contribution in [0, 0.1) is 17.8 Å². The van der Waals surface area contributed by atoms with Crippen molar-refractivity contribution in [2.45, 2.75) is 44.9 Å². The quantitative estimate of drug-likeness (QED) is 0.758. The molecule has 3 rings (SSSR count). The maximum atomic E-state index is 12.6. The van der Waals surface area contributed by atoms with Gasteiger partial charge in [0.05, 0.1) is 13.1 Å². The van der Waals surface area contributed by atoms with Gasteiger partial charge in [0, 0.05) is 31.8 Å². The molecule has 5 nitrogen and oxygen atoms in total. The summed E-state index contributed by atoms with van der Waals surface area (Å²) in [6, 6.07) is 0. The third kappa shape index (κ3) is 3.62. The van der Waals surface area contributed by atoms with E-state index in [0.717, 1.165) is 50.9 Å². The van der Waals surface area contributed by atoms with Gasteiger partial charge in [-0.3, -0.25) is 9.59 Å². The molecule has 0 bridgehead atoms. The van der Waals surface area contributed by atoms with Crippen LogP contribution in [0.2, 0.25) is 0 Å². The average Bonchev–Trinajstić information content (AvgIpc) is 2.55. The Hall–Kier alpha value is -1.10. The third-order valence-electron chi connectivity index (χ3n) is 6.14. The maximum absolute atomic E-state index is 12.6. The second-order valence-corrected chi connectivity index (χ2v) is 7.54.